The molecule has 0 saturated carbocycles. The van der Waals surface area contributed by atoms with Crippen molar-refractivity contribution < 1.29 is 15.0 Å². The molecule has 5 N–H and O–H groups in total. The van der Waals surface area contributed by atoms with Crippen molar-refractivity contribution in [1.29, 1.82) is 0 Å². The molecule has 6 heteroatoms. The monoisotopic (exact) mass is 170 g/mol. The van der Waals surface area contributed by atoms with E-state index in [1.165, 1.54) is 0 Å². The molecule has 0 saturated heterocycles. The largest absolute Gasteiger partial charge is 0.465 e. The van der Waals surface area contributed by atoms with Gasteiger partial charge in [0.15, 0.2) is 0 Å². The van der Waals surface area contributed by atoms with Gasteiger partial charge in [0.2, 0.25) is 0 Å². The average molecular weight is 171 g/mol. The van der Waals surface area contributed by atoms with E-state index >= 15 is 0 Å². The van der Waals surface area contributed by atoms with Gasteiger partial charge in [-0.25, -0.2) is 4.79 Å². The summed E-state index contributed by atoms with van der Waals surface area (Å²) >= 11 is 0. The minimum absolute atomic E-state index is 0. The fourth-order valence-electron chi connectivity index (χ4n) is 0.354. The Morgan fingerprint density at radius 1 is 1.70 bits per heavy atom. The SMILES string of the molecule is Cl.NC[C@@H](CO)NC(=O)O. The third kappa shape index (κ3) is 5.61. The molecule has 1 amide bonds. The van der Waals surface area contributed by atoms with Gasteiger partial charge in [-0.2, -0.15) is 0 Å². The van der Waals surface area contributed by atoms with Gasteiger partial charge in [0, 0.05) is 6.54 Å². The molecule has 0 rings (SSSR count). The number of carbonyl (C=O) groups is 1. The van der Waals surface area contributed by atoms with Crippen LogP contribution >= 0.6 is 12.4 Å². The number of hydrogen-bond acceptors (Lipinski definition) is 3. The Morgan fingerprint density at radius 3 is 2.30 bits per heavy atom. The molecule has 0 spiro atoms. The Balaban J connectivity index is 0. The molecule has 10 heavy (non-hydrogen) atoms. The van der Waals surface area contributed by atoms with Crippen molar-refractivity contribution in [2.75, 3.05) is 13.2 Å². The van der Waals surface area contributed by atoms with Gasteiger partial charge in [-0.3, -0.25) is 0 Å². The van der Waals surface area contributed by atoms with Crippen LogP contribution in [-0.2, 0) is 0 Å². The highest BCUT2D eigenvalue weighted by atomic mass is 35.5. The second-order valence-corrected chi connectivity index (χ2v) is 1.56. The summed E-state index contributed by atoms with van der Waals surface area (Å²) in [5, 5.41) is 18.5. The number of aliphatic hydroxyl groups is 1. The van der Waals surface area contributed by atoms with Crippen LogP contribution in [0.4, 0.5) is 4.79 Å². The fourth-order valence-corrected chi connectivity index (χ4v) is 0.354. The van der Waals surface area contributed by atoms with E-state index in [0.29, 0.717) is 0 Å². The number of rotatable bonds is 3. The third-order valence-electron chi connectivity index (χ3n) is 0.833. The number of nitrogens with two attached hydrogens (primary N) is 1. The minimum Gasteiger partial charge on any atom is -0.465 e. The number of hydrogen-bond donors (Lipinski definition) is 4. The van der Waals surface area contributed by atoms with Crippen LogP contribution in [0.15, 0.2) is 0 Å². The lowest BCUT2D eigenvalue weighted by molar-refractivity contribution is 0.178. The molecule has 0 aliphatic rings. The summed E-state index contributed by atoms with van der Waals surface area (Å²) in [5.41, 5.74) is 5.05. The van der Waals surface area contributed by atoms with Crippen molar-refractivity contribution in [2.45, 2.75) is 6.04 Å². The first-order valence-electron chi connectivity index (χ1n) is 2.51. The minimum atomic E-state index is -1.17. The van der Waals surface area contributed by atoms with Crippen molar-refractivity contribution in [3.63, 3.8) is 0 Å². The van der Waals surface area contributed by atoms with E-state index in [2.05, 4.69) is 0 Å². The smallest absolute Gasteiger partial charge is 0.405 e. The number of amides is 1. The van der Waals surface area contributed by atoms with Gasteiger partial charge in [-0.1, -0.05) is 0 Å². The lowest BCUT2D eigenvalue weighted by Gasteiger charge is -2.09. The molecule has 0 aromatic carbocycles. The highest BCUT2D eigenvalue weighted by Gasteiger charge is 2.05. The summed E-state index contributed by atoms with van der Waals surface area (Å²) in [6.07, 6.45) is -1.17. The van der Waals surface area contributed by atoms with E-state index in [-0.39, 0.29) is 25.6 Å². The van der Waals surface area contributed by atoms with Crippen LogP contribution in [-0.4, -0.2) is 35.5 Å². The maximum Gasteiger partial charge on any atom is 0.405 e. The van der Waals surface area contributed by atoms with Gasteiger partial charge in [-0.15, -0.1) is 12.4 Å². The van der Waals surface area contributed by atoms with Gasteiger partial charge < -0.3 is 21.3 Å². The maximum atomic E-state index is 9.85. The second-order valence-electron chi connectivity index (χ2n) is 1.56. The van der Waals surface area contributed by atoms with Crippen LogP contribution in [0.25, 0.3) is 0 Å². The Labute approximate surface area is 64.6 Å². The molecular formula is C4H11ClN2O3. The molecule has 0 aromatic heterocycles. The van der Waals surface area contributed by atoms with Crippen LogP contribution in [0.5, 0.6) is 0 Å². The molecule has 0 fully saturated rings. The summed E-state index contributed by atoms with van der Waals surface area (Å²) in [5.74, 6) is 0. The van der Waals surface area contributed by atoms with Gasteiger partial charge in [-0.05, 0) is 0 Å². The maximum absolute atomic E-state index is 9.85. The van der Waals surface area contributed by atoms with E-state index < -0.39 is 12.1 Å². The zero-order valence-electron chi connectivity index (χ0n) is 5.28. The van der Waals surface area contributed by atoms with Crippen LogP contribution < -0.4 is 11.1 Å². The van der Waals surface area contributed by atoms with E-state index in [9.17, 15) is 4.79 Å². The fraction of sp³-hybridized carbons (Fsp3) is 0.750. The van der Waals surface area contributed by atoms with Crippen molar-refractivity contribution in [3.05, 3.63) is 0 Å². The molecule has 0 aliphatic heterocycles. The molecule has 1 atom stereocenters. The Morgan fingerprint density at radius 2 is 2.20 bits per heavy atom. The quantitative estimate of drug-likeness (QED) is 0.437. The van der Waals surface area contributed by atoms with E-state index in [1.54, 1.807) is 0 Å². The van der Waals surface area contributed by atoms with Crippen LogP contribution in [0.2, 0.25) is 0 Å². The summed E-state index contributed by atoms with van der Waals surface area (Å²) in [6.45, 7) is -0.147. The van der Waals surface area contributed by atoms with Crippen molar-refractivity contribution >= 4 is 18.5 Å². The molecule has 0 bridgehead atoms. The molecule has 0 heterocycles. The zero-order chi connectivity index (χ0) is 7.28. The third-order valence-corrected chi connectivity index (χ3v) is 0.833. The number of carboxylic acid groups (broad SMARTS) is 1. The topological polar surface area (TPSA) is 95.6 Å². The van der Waals surface area contributed by atoms with Gasteiger partial charge in [0.1, 0.15) is 0 Å². The molecule has 0 unspecified atom stereocenters. The Bertz CT molecular complexity index is 96.5. The molecule has 0 aliphatic carbocycles. The van der Waals surface area contributed by atoms with Gasteiger partial charge >= 0.3 is 6.09 Å². The summed E-state index contributed by atoms with van der Waals surface area (Å²) in [6, 6.07) is -0.539. The Hall–Kier alpha value is -0.520. The van der Waals surface area contributed by atoms with E-state index in [0.717, 1.165) is 0 Å². The highest BCUT2D eigenvalue weighted by Crippen LogP contribution is 1.75. The summed E-state index contributed by atoms with van der Waals surface area (Å²) < 4.78 is 0. The Kier molecular flexibility index (Phi) is 8.04. The van der Waals surface area contributed by atoms with Crippen LogP contribution in [0.3, 0.4) is 0 Å². The number of nitrogens with one attached hydrogen (secondary N) is 1. The second kappa shape index (κ2) is 6.60. The first kappa shape index (κ1) is 12.2. The van der Waals surface area contributed by atoms with Crippen LogP contribution in [0.1, 0.15) is 0 Å². The first-order chi connectivity index (χ1) is 4.20. The molecular weight excluding hydrogens is 160 g/mol. The van der Waals surface area contributed by atoms with Crippen molar-refractivity contribution in [1.82, 2.24) is 5.32 Å². The molecule has 62 valence electrons. The lowest BCUT2D eigenvalue weighted by Crippen LogP contribution is -2.41. The number of aliphatic hydroxyl groups excluding tert-OH is 1. The molecule has 0 radical (unpaired) electrons. The number of halogens is 1. The lowest BCUT2D eigenvalue weighted by atomic mass is 10.3. The predicted octanol–water partition coefficient (Wildman–Crippen LogP) is -1.00. The standard InChI is InChI=1S/C4H10N2O3.ClH/c5-1-3(2-7)6-4(8)9;/h3,6-7H,1-2,5H2,(H,8,9);1H/t3-;/m0./s1. The average Bonchev–Trinajstić information content (AvgIpc) is 1.82. The van der Waals surface area contributed by atoms with Crippen LogP contribution in [0, 0.1) is 0 Å². The van der Waals surface area contributed by atoms with E-state index in [4.69, 9.17) is 15.9 Å². The van der Waals surface area contributed by atoms with Crippen molar-refractivity contribution in [3.8, 4) is 0 Å². The van der Waals surface area contributed by atoms with Crippen molar-refractivity contribution in [2.24, 2.45) is 5.73 Å². The molecule has 5 nitrogen and oxygen atoms in total. The predicted molar refractivity (Wildman–Crippen MR) is 38.3 cm³/mol. The summed E-state index contributed by atoms with van der Waals surface area (Å²) in [4.78, 5) is 9.85. The molecule has 0 aromatic rings. The van der Waals surface area contributed by atoms with E-state index in [1.807, 2.05) is 5.32 Å². The normalized spacial score (nSPS) is 11.4. The van der Waals surface area contributed by atoms with Gasteiger partial charge in [0.05, 0.1) is 12.6 Å². The summed E-state index contributed by atoms with van der Waals surface area (Å²) in [7, 11) is 0. The first-order valence-corrected chi connectivity index (χ1v) is 2.51. The highest BCUT2D eigenvalue weighted by molar-refractivity contribution is 5.85. The van der Waals surface area contributed by atoms with Gasteiger partial charge in [0.25, 0.3) is 0 Å². The zero-order valence-corrected chi connectivity index (χ0v) is 6.10.